The Hall–Kier alpha value is -6.90. The molecule has 7 aromatic rings. The largest absolute Gasteiger partial charge is 0.507 e. The van der Waals surface area contributed by atoms with Crippen molar-refractivity contribution in [2.24, 2.45) is 0 Å². The summed E-state index contributed by atoms with van der Waals surface area (Å²) in [6.07, 6.45) is 2.16. The number of phenolic OH excluding ortho intramolecular Hbond substituents is 5. The van der Waals surface area contributed by atoms with Crippen LogP contribution < -0.4 is 9.47 Å². The normalized spacial score (nSPS) is 15.1. The number of aromatic hydroxyl groups is 5. The fourth-order valence-corrected chi connectivity index (χ4v) is 12.5. The third-order valence-electron chi connectivity index (χ3n) is 18.5. The number of fused-ring (bicyclic) bond motifs is 10. The van der Waals surface area contributed by atoms with Crippen molar-refractivity contribution in [2.45, 2.75) is 228 Å². The second-order valence-electron chi connectivity index (χ2n) is 33.3. The topological polar surface area (TPSA) is 129 Å². The van der Waals surface area contributed by atoms with Gasteiger partial charge in [0.25, 0.3) is 0 Å². The number of benzene rings is 7. The van der Waals surface area contributed by atoms with E-state index in [0.717, 1.165) is 83.8 Å². The number of hydrogen-bond acceptors (Lipinski definition) is 8. The van der Waals surface area contributed by atoms with Gasteiger partial charge >= 0.3 is 0 Å². The molecule has 476 valence electrons. The van der Waals surface area contributed by atoms with Crippen LogP contribution in [0.25, 0.3) is 0 Å². The van der Waals surface area contributed by atoms with Gasteiger partial charge in [0, 0.05) is 44.9 Å². The second kappa shape index (κ2) is 24.0. The third kappa shape index (κ3) is 14.8. The Kier molecular flexibility index (Phi) is 18.0. The molecule has 0 radical (unpaired) electrons. The predicted molar refractivity (Wildman–Crippen MR) is 366 cm³/mol. The zero-order chi connectivity index (χ0) is 65.5. The van der Waals surface area contributed by atoms with Crippen LogP contribution in [0.1, 0.15) is 262 Å². The molecule has 8 heteroatoms. The summed E-state index contributed by atoms with van der Waals surface area (Å²) >= 11 is 0. The van der Waals surface area contributed by atoms with Crippen molar-refractivity contribution in [2.75, 3.05) is 26.4 Å². The molecule has 0 atom stereocenters. The Bertz CT molecular complexity index is 3580. The molecule has 0 saturated heterocycles. The molecule has 7 aromatic carbocycles. The van der Waals surface area contributed by atoms with E-state index < -0.39 is 0 Å². The molecule has 9 rings (SSSR count). The summed E-state index contributed by atoms with van der Waals surface area (Å²) in [7, 11) is 0. The van der Waals surface area contributed by atoms with Gasteiger partial charge in [0.2, 0.25) is 0 Å². The standard InChI is InChI=1S/C81H104O8/c1-75(2,3)61-33-47-26-49-35-62(76(4,5)6)37-51(69(49)83)28-53-39-64(78(10,11)12)41-55(71(53)85)30-57-43-66(80(16,17)18)45-59-32-60-46-67(81(19,20)21)44-58(74(60)89-25-23-87-22-24-88-73(57)59)31-56-42-65(79(13,14)15)40-54(72(56)86)29-52-38-63(77(7,8)9)36-50(70(52)84)27-48(34-61)68(47)82/h33-46,82-86H,22-32H2,1-21H3. The maximum absolute atomic E-state index is 12.9. The summed E-state index contributed by atoms with van der Waals surface area (Å²) in [5.41, 5.74) is 16.1. The van der Waals surface area contributed by atoms with Crippen LogP contribution in [0.3, 0.4) is 0 Å². The lowest BCUT2D eigenvalue weighted by Crippen LogP contribution is -2.19. The first kappa shape index (κ1) is 66.5. The highest BCUT2D eigenvalue weighted by Crippen LogP contribution is 2.46. The summed E-state index contributed by atoms with van der Waals surface area (Å²) in [4.78, 5) is 0. The van der Waals surface area contributed by atoms with E-state index in [1.807, 2.05) is 0 Å². The molecule has 1 heterocycles. The van der Waals surface area contributed by atoms with Gasteiger partial charge in [-0.25, -0.2) is 0 Å². The molecule has 8 nitrogen and oxygen atoms in total. The molecule has 0 saturated carbocycles. The van der Waals surface area contributed by atoms with Gasteiger partial charge in [0.1, 0.15) is 53.5 Å². The van der Waals surface area contributed by atoms with Gasteiger partial charge in [-0.05, 0) is 155 Å². The molecule has 89 heavy (non-hydrogen) atoms. The highest BCUT2D eigenvalue weighted by atomic mass is 16.5. The molecule has 2 aliphatic rings. The smallest absolute Gasteiger partial charge is 0.126 e. The maximum atomic E-state index is 12.9. The SMILES string of the molecule is CC(C)(C)c1cc2c(O)c(c1)Cc1cc(C(C)(C)C)cc(c1O)Cc1cc(C(C)(C)C)cc(c1O)Cc1cc(C(C)(C)C)cc3c1OCCOCCOc1c(cc(C(C)(C)C)cc1C3)Cc1cc(C(C)(C)C)cc(c1O)Cc1cc(C(C)(C)C)cc(c1O)C2. The van der Waals surface area contributed by atoms with Crippen molar-refractivity contribution >= 4 is 0 Å². The van der Waals surface area contributed by atoms with Crippen LogP contribution in [0.2, 0.25) is 0 Å². The fraction of sp³-hybridized carbons (Fsp3) is 0.481. The lowest BCUT2D eigenvalue weighted by molar-refractivity contribution is 0.0750. The van der Waals surface area contributed by atoms with Gasteiger partial charge in [-0.15, -0.1) is 0 Å². The Morgan fingerprint density at radius 3 is 0.506 bits per heavy atom. The lowest BCUT2D eigenvalue weighted by Gasteiger charge is -2.28. The molecule has 0 spiro atoms. The van der Waals surface area contributed by atoms with E-state index in [9.17, 15) is 25.5 Å². The first-order valence-corrected chi connectivity index (χ1v) is 32.5. The van der Waals surface area contributed by atoms with Gasteiger partial charge in [-0.1, -0.05) is 230 Å². The monoisotopic (exact) mass is 1200 g/mol. The zero-order valence-electron chi connectivity index (χ0n) is 57.8. The van der Waals surface area contributed by atoms with Gasteiger partial charge in [-0.3, -0.25) is 0 Å². The average Bonchev–Trinajstić information content (AvgIpc) is 0.822. The Morgan fingerprint density at radius 2 is 0.348 bits per heavy atom. The van der Waals surface area contributed by atoms with Crippen LogP contribution in [-0.4, -0.2) is 52.0 Å². The van der Waals surface area contributed by atoms with Crippen molar-refractivity contribution < 1.29 is 39.7 Å². The Labute approximate surface area is 533 Å². The van der Waals surface area contributed by atoms with Crippen LogP contribution in [0.4, 0.5) is 0 Å². The molecule has 0 unspecified atom stereocenters. The summed E-state index contributed by atoms with van der Waals surface area (Å²) in [6.45, 7) is 47.4. The fourth-order valence-electron chi connectivity index (χ4n) is 12.5. The van der Waals surface area contributed by atoms with E-state index in [0.29, 0.717) is 90.2 Å². The number of ether oxygens (including phenoxy) is 3. The highest BCUT2D eigenvalue weighted by molar-refractivity contribution is 5.62. The van der Waals surface area contributed by atoms with Crippen LogP contribution in [0.15, 0.2) is 84.9 Å². The quantitative estimate of drug-likeness (QED) is 0.102. The molecule has 16 bridgehead atoms. The number of phenols is 5. The maximum Gasteiger partial charge on any atom is 0.126 e. The molecule has 5 N–H and O–H groups in total. The Balaban J connectivity index is 1.39. The van der Waals surface area contributed by atoms with Crippen molar-refractivity contribution in [1.29, 1.82) is 0 Å². The van der Waals surface area contributed by atoms with Crippen LogP contribution in [0.5, 0.6) is 40.2 Å². The lowest BCUT2D eigenvalue weighted by atomic mass is 9.79. The summed E-state index contributed by atoms with van der Waals surface area (Å²) in [6, 6.07) is 30.0. The minimum Gasteiger partial charge on any atom is -0.507 e. The van der Waals surface area contributed by atoms with Crippen LogP contribution in [-0.2, 0) is 87.6 Å². The Morgan fingerprint density at radius 1 is 0.213 bits per heavy atom. The van der Waals surface area contributed by atoms with Crippen LogP contribution >= 0.6 is 0 Å². The molecule has 0 fully saturated rings. The van der Waals surface area contributed by atoms with E-state index in [2.05, 4.69) is 230 Å². The highest BCUT2D eigenvalue weighted by Gasteiger charge is 2.31. The number of hydrogen-bond donors (Lipinski definition) is 5. The number of rotatable bonds is 0. The van der Waals surface area contributed by atoms with Crippen LogP contribution in [0, 0.1) is 0 Å². The summed E-state index contributed by atoms with van der Waals surface area (Å²) in [5, 5.41) is 64.2. The molecule has 1 aliphatic heterocycles. The van der Waals surface area contributed by atoms with E-state index in [1.54, 1.807) is 0 Å². The van der Waals surface area contributed by atoms with E-state index in [-0.39, 0.29) is 92.3 Å². The molecule has 0 aromatic heterocycles. The van der Waals surface area contributed by atoms with E-state index >= 15 is 0 Å². The van der Waals surface area contributed by atoms with Gasteiger partial charge in [0.05, 0.1) is 13.2 Å². The minimum atomic E-state index is -0.327. The van der Waals surface area contributed by atoms with Crippen molar-refractivity contribution in [3.05, 3.63) is 202 Å². The third-order valence-corrected chi connectivity index (χ3v) is 18.5. The zero-order valence-corrected chi connectivity index (χ0v) is 57.8. The van der Waals surface area contributed by atoms with Gasteiger partial charge < -0.3 is 39.7 Å². The van der Waals surface area contributed by atoms with E-state index in [4.69, 9.17) is 14.2 Å². The first-order valence-electron chi connectivity index (χ1n) is 32.5. The molecular formula is C81H104O8. The summed E-state index contributed by atoms with van der Waals surface area (Å²) in [5.74, 6) is 2.17. The second-order valence-corrected chi connectivity index (χ2v) is 33.3. The molecule has 1 aliphatic carbocycles. The first-order chi connectivity index (χ1) is 41.0. The van der Waals surface area contributed by atoms with Gasteiger partial charge in [-0.2, -0.15) is 0 Å². The average molecular weight is 1210 g/mol. The van der Waals surface area contributed by atoms with Crippen molar-refractivity contribution in [3.63, 3.8) is 0 Å². The summed E-state index contributed by atoms with van der Waals surface area (Å²) < 4.78 is 20.3. The van der Waals surface area contributed by atoms with Crippen molar-refractivity contribution in [3.8, 4) is 40.2 Å². The molecule has 0 amide bonds. The minimum absolute atomic E-state index is 0.110. The van der Waals surface area contributed by atoms with Gasteiger partial charge in [0.15, 0.2) is 0 Å². The molecular weight excluding hydrogens is 1100 g/mol. The van der Waals surface area contributed by atoms with Crippen molar-refractivity contribution in [1.82, 2.24) is 0 Å². The van der Waals surface area contributed by atoms with E-state index in [1.165, 1.54) is 0 Å². The predicted octanol–water partition coefficient (Wildman–Crippen LogP) is 18.5.